The Bertz CT molecular complexity index is 1000. The lowest BCUT2D eigenvalue weighted by Gasteiger charge is -2.20. The first-order chi connectivity index (χ1) is 13.3. The molecule has 0 N–H and O–H groups in total. The highest BCUT2D eigenvalue weighted by atomic mass is 16.7. The average Bonchev–Trinajstić information content (AvgIpc) is 3.29. The lowest BCUT2D eigenvalue weighted by Crippen LogP contribution is -2.30. The number of aromatic nitrogens is 3. The van der Waals surface area contributed by atoms with E-state index in [9.17, 15) is 4.79 Å². The van der Waals surface area contributed by atoms with E-state index in [-0.39, 0.29) is 12.7 Å². The van der Waals surface area contributed by atoms with E-state index in [1.807, 2.05) is 21.7 Å². The van der Waals surface area contributed by atoms with Gasteiger partial charge >= 0.3 is 0 Å². The number of ether oxygens (including phenoxy) is 2. The number of amides is 1. The van der Waals surface area contributed by atoms with Gasteiger partial charge in [0.15, 0.2) is 11.5 Å². The SMILES string of the molecule is O=C(c1ccc2c(c1)OCO2)N1CCCn2nc(-c3ccncc3)cc2C1. The number of fused-ring (bicyclic) bond motifs is 2. The van der Waals surface area contributed by atoms with Gasteiger partial charge in [0.25, 0.3) is 5.91 Å². The van der Waals surface area contributed by atoms with E-state index in [4.69, 9.17) is 14.6 Å². The molecular weight excluding hydrogens is 344 g/mol. The van der Waals surface area contributed by atoms with Gasteiger partial charge in [-0.1, -0.05) is 0 Å². The molecule has 136 valence electrons. The van der Waals surface area contributed by atoms with Crippen LogP contribution >= 0.6 is 0 Å². The fourth-order valence-electron chi connectivity index (χ4n) is 3.51. The molecule has 5 rings (SSSR count). The first-order valence-electron chi connectivity index (χ1n) is 8.94. The monoisotopic (exact) mass is 362 g/mol. The molecule has 7 nitrogen and oxygen atoms in total. The zero-order valence-corrected chi connectivity index (χ0v) is 14.7. The number of hydrogen-bond donors (Lipinski definition) is 0. The lowest BCUT2D eigenvalue weighted by molar-refractivity contribution is 0.0745. The summed E-state index contributed by atoms with van der Waals surface area (Å²) in [6.45, 7) is 2.23. The number of hydrogen-bond acceptors (Lipinski definition) is 5. The number of rotatable bonds is 2. The van der Waals surface area contributed by atoms with E-state index in [0.717, 1.165) is 29.9 Å². The van der Waals surface area contributed by atoms with E-state index < -0.39 is 0 Å². The minimum absolute atomic E-state index is 0.00610. The smallest absolute Gasteiger partial charge is 0.254 e. The Hall–Kier alpha value is -3.35. The van der Waals surface area contributed by atoms with E-state index in [0.29, 0.717) is 30.2 Å². The number of aryl methyl sites for hydroxylation is 1. The predicted octanol–water partition coefficient (Wildman–Crippen LogP) is 2.72. The number of pyridine rings is 1. The molecule has 0 saturated heterocycles. The highest BCUT2D eigenvalue weighted by Crippen LogP contribution is 2.33. The highest BCUT2D eigenvalue weighted by Gasteiger charge is 2.24. The molecule has 27 heavy (non-hydrogen) atoms. The summed E-state index contributed by atoms with van der Waals surface area (Å²) < 4.78 is 12.7. The van der Waals surface area contributed by atoms with Gasteiger partial charge in [0, 0.05) is 36.6 Å². The van der Waals surface area contributed by atoms with Crippen LogP contribution < -0.4 is 9.47 Å². The molecule has 2 aliphatic rings. The molecule has 0 unspecified atom stereocenters. The van der Waals surface area contributed by atoms with Gasteiger partial charge in [-0.3, -0.25) is 14.5 Å². The summed E-state index contributed by atoms with van der Waals surface area (Å²) in [5, 5.41) is 4.71. The Balaban J connectivity index is 1.41. The molecule has 0 bridgehead atoms. The van der Waals surface area contributed by atoms with Crippen molar-refractivity contribution in [3.63, 3.8) is 0 Å². The van der Waals surface area contributed by atoms with Crippen LogP contribution in [0, 0.1) is 0 Å². The van der Waals surface area contributed by atoms with Crippen molar-refractivity contribution in [3.05, 3.63) is 60.0 Å². The maximum absolute atomic E-state index is 13.0. The maximum atomic E-state index is 13.0. The summed E-state index contributed by atoms with van der Waals surface area (Å²) in [6, 6.07) is 11.3. The third-order valence-electron chi connectivity index (χ3n) is 4.90. The average molecular weight is 362 g/mol. The summed E-state index contributed by atoms with van der Waals surface area (Å²) in [5.74, 6) is 1.30. The van der Waals surface area contributed by atoms with Crippen molar-refractivity contribution < 1.29 is 14.3 Å². The van der Waals surface area contributed by atoms with Crippen LogP contribution in [-0.4, -0.2) is 38.9 Å². The van der Waals surface area contributed by atoms with Gasteiger partial charge in [-0.15, -0.1) is 0 Å². The van der Waals surface area contributed by atoms with Crippen LogP contribution in [0.2, 0.25) is 0 Å². The van der Waals surface area contributed by atoms with Crippen molar-refractivity contribution in [1.29, 1.82) is 0 Å². The molecule has 4 heterocycles. The summed E-state index contributed by atoms with van der Waals surface area (Å²) in [6.07, 6.45) is 4.38. The zero-order valence-electron chi connectivity index (χ0n) is 14.7. The Kier molecular flexibility index (Phi) is 3.78. The number of benzene rings is 1. The predicted molar refractivity (Wildman–Crippen MR) is 97.4 cm³/mol. The molecule has 1 aromatic carbocycles. The van der Waals surface area contributed by atoms with Crippen molar-refractivity contribution in [2.75, 3.05) is 13.3 Å². The van der Waals surface area contributed by atoms with Crippen molar-refractivity contribution >= 4 is 5.91 Å². The molecule has 0 saturated carbocycles. The van der Waals surface area contributed by atoms with Gasteiger partial charge in [0.05, 0.1) is 17.9 Å². The molecule has 2 aliphatic heterocycles. The van der Waals surface area contributed by atoms with Crippen LogP contribution in [0.25, 0.3) is 11.3 Å². The standard InChI is InChI=1S/C20H18N4O3/c25-20(15-2-3-18-19(10-15)27-13-26-18)23-8-1-9-24-16(12-23)11-17(22-24)14-4-6-21-7-5-14/h2-7,10-11H,1,8-9,12-13H2. The fraction of sp³-hybridized carbons (Fsp3) is 0.250. The first kappa shape index (κ1) is 15.9. The Morgan fingerprint density at radius 2 is 1.85 bits per heavy atom. The zero-order chi connectivity index (χ0) is 18.2. The topological polar surface area (TPSA) is 69.5 Å². The molecule has 0 radical (unpaired) electrons. The minimum Gasteiger partial charge on any atom is -0.454 e. The second-order valence-electron chi connectivity index (χ2n) is 6.63. The van der Waals surface area contributed by atoms with Crippen LogP contribution in [0.5, 0.6) is 11.5 Å². The van der Waals surface area contributed by atoms with Gasteiger partial charge in [-0.2, -0.15) is 5.10 Å². The van der Waals surface area contributed by atoms with Gasteiger partial charge < -0.3 is 14.4 Å². The molecular formula is C20H18N4O3. The van der Waals surface area contributed by atoms with Gasteiger partial charge in [-0.05, 0) is 42.8 Å². The summed E-state index contributed by atoms with van der Waals surface area (Å²) in [7, 11) is 0. The quantitative estimate of drug-likeness (QED) is 0.701. The van der Waals surface area contributed by atoms with Crippen LogP contribution in [0.3, 0.4) is 0 Å². The summed E-state index contributed by atoms with van der Waals surface area (Å²) >= 11 is 0. The van der Waals surface area contributed by atoms with Gasteiger partial charge in [0.1, 0.15) is 0 Å². The van der Waals surface area contributed by atoms with Gasteiger partial charge in [-0.25, -0.2) is 0 Å². The van der Waals surface area contributed by atoms with E-state index in [1.165, 1.54) is 0 Å². The normalized spacial score (nSPS) is 15.3. The third-order valence-corrected chi connectivity index (χ3v) is 4.90. The Morgan fingerprint density at radius 3 is 2.74 bits per heavy atom. The molecule has 0 aliphatic carbocycles. The number of nitrogens with zero attached hydrogens (tertiary/aromatic N) is 4. The number of carbonyl (C=O) groups is 1. The molecule has 0 spiro atoms. The highest BCUT2D eigenvalue weighted by molar-refractivity contribution is 5.95. The number of carbonyl (C=O) groups excluding carboxylic acids is 1. The first-order valence-corrected chi connectivity index (χ1v) is 8.94. The van der Waals surface area contributed by atoms with E-state index in [1.54, 1.807) is 30.6 Å². The van der Waals surface area contributed by atoms with E-state index in [2.05, 4.69) is 11.1 Å². The Labute approximate surface area is 156 Å². The van der Waals surface area contributed by atoms with Crippen LogP contribution in [0.1, 0.15) is 22.5 Å². The minimum atomic E-state index is -0.00610. The van der Waals surface area contributed by atoms with Crippen molar-refractivity contribution in [2.24, 2.45) is 0 Å². The molecule has 0 atom stereocenters. The molecule has 2 aromatic heterocycles. The summed E-state index contributed by atoms with van der Waals surface area (Å²) in [4.78, 5) is 19.0. The molecule has 3 aromatic rings. The third kappa shape index (κ3) is 2.91. The largest absolute Gasteiger partial charge is 0.454 e. The lowest BCUT2D eigenvalue weighted by atomic mass is 10.1. The second-order valence-corrected chi connectivity index (χ2v) is 6.63. The van der Waals surface area contributed by atoms with E-state index >= 15 is 0 Å². The van der Waals surface area contributed by atoms with Crippen LogP contribution in [0.4, 0.5) is 0 Å². The van der Waals surface area contributed by atoms with Crippen molar-refractivity contribution in [2.45, 2.75) is 19.5 Å². The van der Waals surface area contributed by atoms with Crippen LogP contribution in [-0.2, 0) is 13.1 Å². The second kappa shape index (κ2) is 6.42. The molecule has 7 heteroatoms. The van der Waals surface area contributed by atoms with Crippen molar-refractivity contribution in [1.82, 2.24) is 19.7 Å². The van der Waals surface area contributed by atoms with Crippen LogP contribution in [0.15, 0.2) is 48.8 Å². The molecule has 1 amide bonds. The van der Waals surface area contributed by atoms with Gasteiger partial charge in [0.2, 0.25) is 6.79 Å². The fourth-order valence-corrected chi connectivity index (χ4v) is 3.51. The maximum Gasteiger partial charge on any atom is 0.254 e. The summed E-state index contributed by atoms with van der Waals surface area (Å²) in [5.41, 5.74) is 3.58. The Morgan fingerprint density at radius 1 is 1.00 bits per heavy atom. The van der Waals surface area contributed by atoms with Crippen molar-refractivity contribution in [3.8, 4) is 22.8 Å². The molecule has 0 fully saturated rings.